The third-order valence-electron chi connectivity index (χ3n) is 5.29. The summed E-state index contributed by atoms with van der Waals surface area (Å²) in [6, 6.07) is 0. The van der Waals surface area contributed by atoms with E-state index in [1.54, 1.807) is 4.90 Å². The van der Waals surface area contributed by atoms with E-state index in [0.29, 0.717) is 38.7 Å². The van der Waals surface area contributed by atoms with Crippen molar-refractivity contribution in [2.24, 2.45) is 0 Å². The van der Waals surface area contributed by atoms with Gasteiger partial charge in [-0.05, 0) is 39.7 Å². The molecule has 1 amide bonds. The van der Waals surface area contributed by atoms with E-state index in [1.807, 2.05) is 26.8 Å². The maximum Gasteiger partial charge on any atom is 0.410 e. The summed E-state index contributed by atoms with van der Waals surface area (Å²) in [5, 5.41) is 7.55. The molecule has 2 atom stereocenters. The molecule has 0 spiro atoms. The van der Waals surface area contributed by atoms with Gasteiger partial charge in [-0.1, -0.05) is 11.2 Å². The van der Waals surface area contributed by atoms with Crippen LogP contribution in [0.1, 0.15) is 57.2 Å². The summed E-state index contributed by atoms with van der Waals surface area (Å²) < 4.78 is 21.9. The zero-order chi connectivity index (χ0) is 20.4. The molecule has 160 valence electrons. The van der Waals surface area contributed by atoms with Gasteiger partial charge in [-0.15, -0.1) is 0 Å². The number of amides is 1. The van der Waals surface area contributed by atoms with Crippen molar-refractivity contribution in [2.45, 2.75) is 63.4 Å². The molecule has 0 bridgehead atoms. The van der Waals surface area contributed by atoms with Crippen LogP contribution in [0.15, 0.2) is 16.7 Å². The van der Waals surface area contributed by atoms with E-state index in [0.717, 1.165) is 18.7 Å². The molecule has 0 aliphatic carbocycles. The van der Waals surface area contributed by atoms with Crippen molar-refractivity contribution in [1.82, 2.24) is 20.4 Å². The topological polar surface area (TPSA) is 99.0 Å². The third-order valence-corrected chi connectivity index (χ3v) is 5.29. The quantitative estimate of drug-likeness (QED) is 0.760. The molecule has 0 radical (unpaired) electrons. The molecular weight excluding hydrogens is 376 g/mol. The normalized spacial score (nSPS) is 26.4. The Morgan fingerprint density at radius 3 is 2.59 bits per heavy atom. The Bertz CT molecular complexity index is 731. The van der Waals surface area contributed by atoms with E-state index >= 15 is 0 Å². The summed E-state index contributed by atoms with van der Waals surface area (Å²) in [7, 11) is 0. The second-order valence-electron chi connectivity index (χ2n) is 8.85. The summed E-state index contributed by atoms with van der Waals surface area (Å²) >= 11 is 0. The summed E-state index contributed by atoms with van der Waals surface area (Å²) in [6.45, 7) is 8.92. The van der Waals surface area contributed by atoms with Crippen LogP contribution in [0.5, 0.6) is 0 Å². The standard InChI is InChI=1S/C20H30N4O5/c1-20(2,3)28-19(25)24-8-6-13(7-9-24)17-22-18(29-23-17)14-4-5-16(21-10-14)27-15-11-26-12-15/h4-5,13-16,21H,6-12H2,1-3H3. The molecule has 2 fully saturated rings. The number of nitrogens with one attached hydrogen (secondary N) is 1. The fourth-order valence-electron chi connectivity index (χ4n) is 3.59. The van der Waals surface area contributed by atoms with E-state index in [9.17, 15) is 4.79 Å². The van der Waals surface area contributed by atoms with Gasteiger partial charge >= 0.3 is 6.09 Å². The van der Waals surface area contributed by atoms with Crippen LogP contribution in [0, 0.1) is 0 Å². The number of ether oxygens (including phenoxy) is 3. The molecule has 3 aliphatic rings. The molecule has 0 saturated carbocycles. The minimum atomic E-state index is -0.478. The van der Waals surface area contributed by atoms with Crippen molar-refractivity contribution in [3.63, 3.8) is 0 Å². The molecular formula is C20H30N4O5. The maximum atomic E-state index is 12.2. The molecule has 4 heterocycles. The second-order valence-corrected chi connectivity index (χ2v) is 8.85. The van der Waals surface area contributed by atoms with E-state index in [1.165, 1.54) is 0 Å². The monoisotopic (exact) mass is 406 g/mol. The lowest BCUT2D eigenvalue weighted by molar-refractivity contribution is -0.151. The van der Waals surface area contributed by atoms with Gasteiger partial charge in [-0.25, -0.2) is 4.79 Å². The zero-order valence-corrected chi connectivity index (χ0v) is 17.3. The number of hydrogen-bond acceptors (Lipinski definition) is 8. The molecule has 2 saturated heterocycles. The first-order valence-corrected chi connectivity index (χ1v) is 10.3. The summed E-state index contributed by atoms with van der Waals surface area (Å²) in [4.78, 5) is 18.6. The first kappa shape index (κ1) is 20.3. The lowest BCUT2D eigenvalue weighted by atomic mass is 9.96. The average molecular weight is 406 g/mol. The third kappa shape index (κ3) is 5.15. The Hall–Kier alpha value is -1.97. The summed E-state index contributed by atoms with van der Waals surface area (Å²) in [6.07, 6.45) is 5.48. The molecule has 1 aromatic heterocycles. The predicted octanol–water partition coefficient (Wildman–Crippen LogP) is 2.17. The van der Waals surface area contributed by atoms with Gasteiger partial charge in [0.2, 0.25) is 5.89 Å². The molecule has 2 unspecified atom stereocenters. The van der Waals surface area contributed by atoms with Gasteiger partial charge in [0.25, 0.3) is 0 Å². The first-order chi connectivity index (χ1) is 13.9. The fourth-order valence-corrected chi connectivity index (χ4v) is 3.59. The number of likely N-dealkylation sites (tertiary alicyclic amines) is 1. The fraction of sp³-hybridized carbons (Fsp3) is 0.750. The van der Waals surface area contributed by atoms with Crippen molar-refractivity contribution in [1.29, 1.82) is 0 Å². The van der Waals surface area contributed by atoms with E-state index in [2.05, 4.69) is 21.5 Å². The molecule has 1 aromatic rings. The highest BCUT2D eigenvalue weighted by atomic mass is 16.6. The van der Waals surface area contributed by atoms with Crippen molar-refractivity contribution < 1.29 is 23.5 Å². The van der Waals surface area contributed by atoms with Crippen molar-refractivity contribution in [2.75, 3.05) is 32.8 Å². The van der Waals surface area contributed by atoms with Crippen LogP contribution in [-0.2, 0) is 14.2 Å². The Morgan fingerprint density at radius 2 is 2.00 bits per heavy atom. The van der Waals surface area contributed by atoms with Crippen molar-refractivity contribution in [3.05, 3.63) is 23.9 Å². The number of hydrogen-bond donors (Lipinski definition) is 1. The highest BCUT2D eigenvalue weighted by Gasteiger charge is 2.31. The van der Waals surface area contributed by atoms with Crippen molar-refractivity contribution in [3.8, 4) is 0 Å². The number of rotatable bonds is 4. The van der Waals surface area contributed by atoms with E-state index < -0.39 is 5.60 Å². The lowest BCUT2D eigenvalue weighted by Crippen LogP contribution is -2.45. The Labute approximate surface area is 170 Å². The van der Waals surface area contributed by atoms with Gasteiger partial charge in [-0.3, -0.25) is 5.32 Å². The second kappa shape index (κ2) is 8.41. The summed E-state index contributed by atoms with van der Waals surface area (Å²) in [5.74, 6) is 1.57. The molecule has 9 nitrogen and oxygen atoms in total. The van der Waals surface area contributed by atoms with Gasteiger partial charge in [-0.2, -0.15) is 4.98 Å². The van der Waals surface area contributed by atoms with Crippen LogP contribution < -0.4 is 5.32 Å². The molecule has 29 heavy (non-hydrogen) atoms. The highest BCUT2D eigenvalue weighted by molar-refractivity contribution is 5.68. The van der Waals surface area contributed by atoms with Gasteiger partial charge < -0.3 is 23.6 Å². The lowest BCUT2D eigenvalue weighted by Gasteiger charge is -2.32. The molecule has 3 aliphatic heterocycles. The minimum absolute atomic E-state index is 0.0376. The Morgan fingerprint density at radius 1 is 1.24 bits per heavy atom. The number of piperidine rings is 1. The zero-order valence-electron chi connectivity index (χ0n) is 17.3. The smallest absolute Gasteiger partial charge is 0.410 e. The van der Waals surface area contributed by atoms with Gasteiger partial charge in [0, 0.05) is 25.6 Å². The number of carbonyl (C=O) groups excluding carboxylic acids is 1. The molecule has 0 aromatic carbocycles. The SMILES string of the molecule is CC(C)(C)OC(=O)N1CCC(c2noc(C3C=CC(OC4COC4)NC3)n2)CC1. The average Bonchev–Trinajstić information content (AvgIpc) is 3.14. The number of carbonyl (C=O) groups is 1. The highest BCUT2D eigenvalue weighted by Crippen LogP contribution is 2.29. The number of nitrogens with zero attached hydrogens (tertiary/aromatic N) is 3. The molecule has 9 heteroatoms. The van der Waals surface area contributed by atoms with Gasteiger partial charge in [0.15, 0.2) is 5.82 Å². The van der Waals surface area contributed by atoms with E-state index in [4.69, 9.17) is 18.7 Å². The van der Waals surface area contributed by atoms with E-state index in [-0.39, 0.29) is 30.3 Å². The first-order valence-electron chi connectivity index (χ1n) is 10.3. The predicted molar refractivity (Wildman–Crippen MR) is 103 cm³/mol. The molecule has 4 rings (SSSR count). The van der Waals surface area contributed by atoms with Crippen LogP contribution in [0.2, 0.25) is 0 Å². The Kier molecular flexibility index (Phi) is 5.89. The van der Waals surface area contributed by atoms with Crippen molar-refractivity contribution >= 4 is 6.09 Å². The van der Waals surface area contributed by atoms with Gasteiger partial charge in [0.1, 0.15) is 17.9 Å². The maximum absolute atomic E-state index is 12.2. The largest absolute Gasteiger partial charge is 0.444 e. The van der Waals surface area contributed by atoms with Crippen LogP contribution in [0.4, 0.5) is 4.79 Å². The van der Waals surface area contributed by atoms with Crippen LogP contribution in [0.25, 0.3) is 0 Å². The molecule has 1 N–H and O–H groups in total. The summed E-state index contributed by atoms with van der Waals surface area (Å²) in [5.41, 5.74) is -0.478. The van der Waals surface area contributed by atoms with Crippen LogP contribution in [-0.4, -0.2) is 71.9 Å². The van der Waals surface area contributed by atoms with Crippen LogP contribution in [0.3, 0.4) is 0 Å². The van der Waals surface area contributed by atoms with Gasteiger partial charge in [0.05, 0.1) is 19.1 Å². The number of aromatic nitrogens is 2. The van der Waals surface area contributed by atoms with Crippen LogP contribution >= 0.6 is 0 Å². The minimum Gasteiger partial charge on any atom is -0.444 e. The Balaban J connectivity index is 1.27.